The Balaban J connectivity index is 1.65. The van der Waals surface area contributed by atoms with E-state index in [0.29, 0.717) is 35.4 Å². The third-order valence-corrected chi connectivity index (χ3v) is 5.16. The summed E-state index contributed by atoms with van der Waals surface area (Å²) in [6.45, 7) is 0.212. The van der Waals surface area contributed by atoms with Crippen molar-refractivity contribution in [2.45, 2.75) is 18.9 Å². The van der Waals surface area contributed by atoms with Crippen LogP contribution in [0.2, 0.25) is 0 Å². The Bertz CT molecular complexity index is 677. The van der Waals surface area contributed by atoms with Gasteiger partial charge in [0.05, 0.1) is 5.88 Å². The number of carbonyl (C=O) groups is 3. The highest BCUT2D eigenvalue weighted by molar-refractivity contribution is 7.99. The number of nitrogens with zero attached hydrogens (tertiary/aromatic N) is 1. The van der Waals surface area contributed by atoms with Crippen molar-refractivity contribution in [2.75, 3.05) is 24.8 Å². The van der Waals surface area contributed by atoms with Crippen LogP contribution in [0.5, 0.6) is 5.75 Å². The molecule has 8 heteroatoms. The molecule has 1 aromatic carbocycles. The van der Waals surface area contributed by atoms with Gasteiger partial charge in [0.25, 0.3) is 5.91 Å². The van der Waals surface area contributed by atoms with Crippen molar-refractivity contribution in [3.63, 3.8) is 0 Å². The summed E-state index contributed by atoms with van der Waals surface area (Å²) in [5, 5.41) is 11.6. The number of carboxylic acids is 1. The number of aliphatic carboxylic acids is 1. The number of thioether (sulfide) groups is 1. The maximum atomic E-state index is 12.8. The molecule has 25 heavy (non-hydrogen) atoms. The summed E-state index contributed by atoms with van der Waals surface area (Å²) in [6, 6.07) is 5.90. The lowest BCUT2D eigenvalue weighted by Crippen LogP contribution is -2.47. The standard InChI is InChI=1S/C17H20N2O5S/c20-15(21)8-24-13-3-1-2-12(6-13)17(23)19-10-25-9-14(19)16(22)18-7-11-4-5-11/h1-3,6,11,14H,4-5,7-10H2,(H,18,22)(H,20,21). The first-order chi connectivity index (χ1) is 12.0. The lowest BCUT2D eigenvalue weighted by Gasteiger charge is -2.23. The van der Waals surface area contributed by atoms with Crippen LogP contribution < -0.4 is 10.1 Å². The quantitative estimate of drug-likeness (QED) is 0.755. The SMILES string of the molecule is O=C(O)COc1cccc(C(=O)N2CSCC2C(=O)NCC2CC2)c1. The number of hydrogen-bond donors (Lipinski definition) is 2. The van der Waals surface area contributed by atoms with Crippen LogP contribution in [0.3, 0.4) is 0 Å². The topological polar surface area (TPSA) is 95.9 Å². The summed E-state index contributed by atoms with van der Waals surface area (Å²) in [4.78, 5) is 37.3. The zero-order valence-electron chi connectivity index (χ0n) is 13.6. The van der Waals surface area contributed by atoms with Crippen molar-refractivity contribution in [2.24, 2.45) is 5.92 Å². The Morgan fingerprint density at radius 2 is 2.12 bits per heavy atom. The Hall–Kier alpha value is -2.22. The predicted octanol–water partition coefficient (Wildman–Crippen LogP) is 1.19. The number of hydrogen-bond acceptors (Lipinski definition) is 5. The summed E-state index contributed by atoms with van der Waals surface area (Å²) < 4.78 is 5.11. The van der Waals surface area contributed by atoms with Gasteiger partial charge in [0, 0.05) is 17.9 Å². The molecular formula is C17H20N2O5S. The first kappa shape index (κ1) is 17.6. The minimum absolute atomic E-state index is 0.108. The van der Waals surface area contributed by atoms with Crippen LogP contribution in [0, 0.1) is 5.92 Å². The average Bonchev–Trinajstić information content (AvgIpc) is 3.31. The van der Waals surface area contributed by atoms with Gasteiger partial charge in [-0.15, -0.1) is 11.8 Å². The molecule has 0 bridgehead atoms. The second-order valence-electron chi connectivity index (χ2n) is 6.19. The van der Waals surface area contributed by atoms with Gasteiger partial charge in [-0.1, -0.05) is 6.07 Å². The Labute approximate surface area is 149 Å². The molecule has 3 rings (SSSR count). The molecule has 1 atom stereocenters. The molecule has 2 fully saturated rings. The van der Waals surface area contributed by atoms with E-state index < -0.39 is 18.6 Å². The fourth-order valence-corrected chi connectivity index (χ4v) is 3.73. The van der Waals surface area contributed by atoms with Crippen molar-refractivity contribution in [3.8, 4) is 5.75 Å². The molecule has 7 nitrogen and oxygen atoms in total. The van der Waals surface area contributed by atoms with Crippen LogP contribution in [0.1, 0.15) is 23.2 Å². The van der Waals surface area contributed by atoms with E-state index in [0.717, 1.165) is 12.8 Å². The van der Waals surface area contributed by atoms with E-state index in [1.54, 1.807) is 34.9 Å². The highest BCUT2D eigenvalue weighted by Gasteiger charge is 2.35. The second-order valence-corrected chi connectivity index (χ2v) is 7.19. The van der Waals surface area contributed by atoms with Crippen LogP contribution >= 0.6 is 11.8 Å². The number of ether oxygens (including phenoxy) is 1. The van der Waals surface area contributed by atoms with Crippen molar-refractivity contribution < 1.29 is 24.2 Å². The fourth-order valence-electron chi connectivity index (χ4n) is 2.57. The third kappa shape index (κ3) is 4.66. The molecule has 1 saturated heterocycles. The molecular weight excluding hydrogens is 344 g/mol. The lowest BCUT2D eigenvalue weighted by molar-refractivity contribution is -0.139. The predicted molar refractivity (Wildman–Crippen MR) is 92.6 cm³/mol. The summed E-state index contributed by atoms with van der Waals surface area (Å²) in [5.74, 6) is 0.499. The number of rotatable bonds is 7. The van der Waals surface area contributed by atoms with Crippen LogP contribution in [0.15, 0.2) is 24.3 Å². The van der Waals surface area contributed by atoms with Crippen molar-refractivity contribution >= 4 is 29.5 Å². The van der Waals surface area contributed by atoms with E-state index in [1.165, 1.54) is 6.07 Å². The van der Waals surface area contributed by atoms with Crippen LogP contribution in [-0.4, -0.2) is 58.6 Å². The largest absolute Gasteiger partial charge is 0.482 e. The molecule has 2 aliphatic rings. The Kier molecular flexibility index (Phi) is 5.47. The summed E-state index contributed by atoms with van der Waals surface area (Å²) in [5.41, 5.74) is 0.380. The maximum absolute atomic E-state index is 12.8. The van der Waals surface area contributed by atoms with Crippen LogP contribution in [-0.2, 0) is 9.59 Å². The number of nitrogens with one attached hydrogen (secondary N) is 1. The molecule has 2 amide bonds. The van der Waals surface area contributed by atoms with E-state index >= 15 is 0 Å². The molecule has 1 heterocycles. The minimum atomic E-state index is -1.08. The number of carboxylic acid groups (broad SMARTS) is 1. The van der Waals surface area contributed by atoms with E-state index in [1.807, 2.05) is 0 Å². The van der Waals surface area contributed by atoms with Crippen molar-refractivity contribution in [3.05, 3.63) is 29.8 Å². The van der Waals surface area contributed by atoms with Gasteiger partial charge in [0.1, 0.15) is 11.8 Å². The average molecular weight is 364 g/mol. The summed E-state index contributed by atoms with van der Waals surface area (Å²) in [6.07, 6.45) is 2.32. The molecule has 0 spiro atoms. The summed E-state index contributed by atoms with van der Waals surface area (Å²) >= 11 is 1.55. The molecule has 0 aromatic heterocycles. The number of benzene rings is 1. The summed E-state index contributed by atoms with van der Waals surface area (Å²) in [7, 11) is 0. The molecule has 134 valence electrons. The van der Waals surface area contributed by atoms with Crippen LogP contribution in [0.4, 0.5) is 0 Å². The highest BCUT2D eigenvalue weighted by atomic mass is 32.2. The van der Waals surface area contributed by atoms with E-state index in [9.17, 15) is 14.4 Å². The molecule has 2 N–H and O–H groups in total. The first-order valence-electron chi connectivity index (χ1n) is 8.15. The Morgan fingerprint density at radius 3 is 2.84 bits per heavy atom. The maximum Gasteiger partial charge on any atom is 0.341 e. The molecule has 0 radical (unpaired) electrons. The smallest absolute Gasteiger partial charge is 0.341 e. The van der Waals surface area contributed by atoms with Gasteiger partial charge in [-0.25, -0.2) is 4.79 Å². The van der Waals surface area contributed by atoms with Crippen molar-refractivity contribution in [1.29, 1.82) is 0 Å². The molecule has 1 saturated carbocycles. The lowest BCUT2D eigenvalue weighted by atomic mass is 10.1. The normalized spacial score (nSPS) is 19.5. The molecule has 1 aliphatic carbocycles. The zero-order chi connectivity index (χ0) is 17.8. The van der Waals surface area contributed by atoms with Gasteiger partial charge in [-0.3, -0.25) is 9.59 Å². The highest BCUT2D eigenvalue weighted by Crippen LogP contribution is 2.28. The van der Waals surface area contributed by atoms with E-state index in [4.69, 9.17) is 9.84 Å². The van der Waals surface area contributed by atoms with Gasteiger partial charge in [0.15, 0.2) is 6.61 Å². The number of amides is 2. The van der Waals surface area contributed by atoms with Gasteiger partial charge < -0.3 is 20.1 Å². The van der Waals surface area contributed by atoms with E-state index in [-0.39, 0.29) is 11.8 Å². The third-order valence-electron chi connectivity index (χ3n) is 4.15. The Morgan fingerprint density at radius 1 is 1.32 bits per heavy atom. The zero-order valence-corrected chi connectivity index (χ0v) is 14.5. The van der Waals surface area contributed by atoms with Gasteiger partial charge >= 0.3 is 5.97 Å². The molecule has 1 aromatic rings. The van der Waals surface area contributed by atoms with Crippen LogP contribution in [0.25, 0.3) is 0 Å². The molecule has 1 aliphatic heterocycles. The second kappa shape index (κ2) is 7.77. The van der Waals surface area contributed by atoms with Crippen molar-refractivity contribution in [1.82, 2.24) is 10.2 Å². The fraction of sp³-hybridized carbons (Fsp3) is 0.471. The van der Waals surface area contributed by atoms with Gasteiger partial charge in [-0.05, 0) is 37.0 Å². The first-order valence-corrected chi connectivity index (χ1v) is 9.31. The van der Waals surface area contributed by atoms with Gasteiger partial charge in [-0.2, -0.15) is 0 Å². The number of carbonyl (C=O) groups excluding carboxylic acids is 2. The van der Waals surface area contributed by atoms with E-state index in [2.05, 4.69) is 5.32 Å². The minimum Gasteiger partial charge on any atom is -0.482 e. The monoisotopic (exact) mass is 364 g/mol. The molecule has 1 unspecified atom stereocenters. The van der Waals surface area contributed by atoms with Gasteiger partial charge in [0.2, 0.25) is 5.91 Å².